The van der Waals surface area contributed by atoms with Gasteiger partial charge in [-0.1, -0.05) is 32.0 Å². The lowest BCUT2D eigenvalue weighted by Crippen LogP contribution is -2.27. The number of anilines is 2. The fourth-order valence-corrected chi connectivity index (χ4v) is 4.01. The molecule has 1 saturated heterocycles. The zero-order valence-corrected chi connectivity index (χ0v) is 19.6. The van der Waals surface area contributed by atoms with Crippen molar-refractivity contribution < 1.29 is 9.47 Å². The Kier molecular flexibility index (Phi) is 8.27. The number of aryl methyl sites for hydroxylation is 1. The van der Waals surface area contributed by atoms with E-state index in [2.05, 4.69) is 46.4 Å². The Morgan fingerprint density at radius 3 is 2.73 bits per heavy atom. The smallest absolute Gasteiger partial charge is 0.158 e. The van der Waals surface area contributed by atoms with Gasteiger partial charge >= 0.3 is 0 Å². The van der Waals surface area contributed by atoms with Crippen LogP contribution in [0.1, 0.15) is 50.9 Å². The van der Waals surface area contributed by atoms with Crippen molar-refractivity contribution in [1.82, 2.24) is 15.0 Å². The molecule has 0 amide bonds. The van der Waals surface area contributed by atoms with Crippen LogP contribution in [0.3, 0.4) is 0 Å². The predicted octanol–water partition coefficient (Wildman–Crippen LogP) is 4.73. The molecule has 1 fully saturated rings. The van der Waals surface area contributed by atoms with Gasteiger partial charge in [-0.3, -0.25) is 5.43 Å². The third kappa shape index (κ3) is 6.30. The molecule has 0 radical (unpaired) electrons. The summed E-state index contributed by atoms with van der Waals surface area (Å²) in [5.74, 6) is 2.39. The number of aromatic amines is 1. The largest absolute Gasteiger partial charge is 0.361 e. The van der Waals surface area contributed by atoms with E-state index in [-0.39, 0.29) is 6.29 Å². The molecule has 1 aliphatic heterocycles. The van der Waals surface area contributed by atoms with Gasteiger partial charge < -0.3 is 19.4 Å². The van der Waals surface area contributed by atoms with Crippen LogP contribution in [0.15, 0.2) is 41.6 Å². The highest BCUT2D eigenvalue weighted by Gasteiger charge is 2.16. The van der Waals surface area contributed by atoms with Crippen LogP contribution in [0.25, 0.3) is 10.9 Å². The lowest BCUT2D eigenvalue weighted by Gasteiger charge is -2.24. The molecule has 0 aliphatic carbocycles. The molecule has 3 aromatic rings. The lowest BCUT2D eigenvalue weighted by molar-refractivity contribution is -0.180. The fraction of sp³-hybridized carbons (Fsp3) is 0.480. The lowest BCUT2D eigenvalue weighted by atomic mass is 10.2. The molecule has 8 nitrogen and oxygen atoms in total. The molecule has 3 heterocycles. The molecule has 0 bridgehead atoms. The number of hydrogen-bond donors (Lipinski definition) is 2. The second kappa shape index (κ2) is 11.8. The van der Waals surface area contributed by atoms with Gasteiger partial charge in [0.05, 0.1) is 19.4 Å². The van der Waals surface area contributed by atoms with E-state index < -0.39 is 0 Å². The summed E-state index contributed by atoms with van der Waals surface area (Å²) in [5, 5.41) is 5.60. The van der Waals surface area contributed by atoms with Crippen LogP contribution in [0.5, 0.6) is 0 Å². The third-order valence-corrected chi connectivity index (χ3v) is 5.57. The first-order valence-corrected chi connectivity index (χ1v) is 12.0. The Balaban J connectivity index is 1.52. The zero-order valence-electron chi connectivity index (χ0n) is 19.6. The molecule has 0 atom stereocenters. The Hall–Kier alpha value is -2.97. The molecule has 2 aromatic heterocycles. The van der Waals surface area contributed by atoms with E-state index in [1.54, 1.807) is 0 Å². The zero-order chi connectivity index (χ0) is 22.9. The molecule has 0 saturated carbocycles. The van der Waals surface area contributed by atoms with Crippen LogP contribution in [0, 0.1) is 0 Å². The summed E-state index contributed by atoms with van der Waals surface area (Å²) in [6, 6.07) is 10.2. The van der Waals surface area contributed by atoms with Crippen molar-refractivity contribution in [2.24, 2.45) is 5.10 Å². The molecule has 0 unspecified atom stereocenters. The van der Waals surface area contributed by atoms with Gasteiger partial charge in [-0.25, -0.2) is 9.97 Å². The predicted molar refractivity (Wildman–Crippen MR) is 133 cm³/mol. The minimum absolute atomic E-state index is 0.176. The number of fused-ring (bicyclic) bond motifs is 1. The molecular weight excluding hydrogens is 416 g/mol. The number of aromatic nitrogens is 3. The molecule has 176 valence electrons. The van der Waals surface area contributed by atoms with Crippen molar-refractivity contribution in [1.29, 1.82) is 0 Å². The van der Waals surface area contributed by atoms with Crippen molar-refractivity contribution >= 4 is 28.8 Å². The first kappa shape index (κ1) is 23.2. The number of nitrogens with zero attached hydrogens (tertiary/aromatic N) is 4. The van der Waals surface area contributed by atoms with Gasteiger partial charge in [0.25, 0.3) is 0 Å². The summed E-state index contributed by atoms with van der Waals surface area (Å²) < 4.78 is 11.4. The normalized spacial score (nSPS) is 14.8. The van der Waals surface area contributed by atoms with E-state index in [0.29, 0.717) is 12.2 Å². The summed E-state index contributed by atoms with van der Waals surface area (Å²) in [5.41, 5.74) is 5.24. The number of hydrogen-bond acceptors (Lipinski definition) is 7. The number of nitrogens with one attached hydrogen (secondary N) is 2. The summed E-state index contributed by atoms with van der Waals surface area (Å²) in [7, 11) is 0. The summed E-state index contributed by atoms with van der Waals surface area (Å²) in [6.07, 6.45) is 8.10. The van der Waals surface area contributed by atoms with E-state index in [4.69, 9.17) is 19.4 Å². The summed E-state index contributed by atoms with van der Waals surface area (Å²) >= 11 is 0. The molecule has 1 aromatic carbocycles. The average molecular weight is 451 g/mol. The second-order valence-corrected chi connectivity index (χ2v) is 8.24. The fourth-order valence-electron chi connectivity index (χ4n) is 4.01. The number of rotatable bonds is 11. The molecule has 2 N–H and O–H groups in total. The highest BCUT2D eigenvalue weighted by molar-refractivity contribution is 5.99. The van der Waals surface area contributed by atoms with Crippen LogP contribution in [0.2, 0.25) is 0 Å². The van der Waals surface area contributed by atoms with Gasteiger partial charge in [-0.05, 0) is 25.3 Å². The van der Waals surface area contributed by atoms with Gasteiger partial charge in [0.1, 0.15) is 11.6 Å². The Bertz CT molecular complexity index is 1040. The third-order valence-electron chi connectivity index (χ3n) is 5.57. The Morgan fingerprint density at radius 2 is 1.94 bits per heavy atom. The highest BCUT2D eigenvalue weighted by Crippen LogP contribution is 2.20. The molecule has 0 spiro atoms. The standard InChI is InChI=1S/C25H34N6O2/c1-3-12-31(13-4-2)24-16-23(28-22(29-24)10-11-25-32-14-7-15-33-25)30-27-18-19-17-26-21-9-6-5-8-20(19)21/h5-6,8-9,16-18,25-26H,3-4,7,10-15H2,1-2H3,(H,28,29,30)/b27-18+. The van der Waals surface area contributed by atoms with Crippen LogP contribution in [0.4, 0.5) is 11.6 Å². The first-order valence-electron chi connectivity index (χ1n) is 12.0. The second-order valence-electron chi connectivity index (χ2n) is 8.24. The molecule has 1 aliphatic rings. The van der Waals surface area contributed by atoms with Gasteiger partial charge in [-0.2, -0.15) is 5.10 Å². The first-order chi connectivity index (χ1) is 16.3. The van der Waals surface area contributed by atoms with Crippen LogP contribution in [-0.4, -0.2) is 53.8 Å². The van der Waals surface area contributed by atoms with Crippen molar-refractivity contribution in [3.63, 3.8) is 0 Å². The molecule has 33 heavy (non-hydrogen) atoms. The molecule has 4 rings (SSSR count). The van der Waals surface area contributed by atoms with Crippen LogP contribution >= 0.6 is 0 Å². The SMILES string of the molecule is CCCN(CCC)c1cc(N/N=C/c2c[nH]c3ccccc23)nc(CCC2OCCCO2)n1. The monoisotopic (exact) mass is 450 g/mol. The number of ether oxygens (including phenoxy) is 2. The van der Waals surface area contributed by atoms with E-state index in [1.165, 1.54) is 0 Å². The quantitative estimate of drug-likeness (QED) is 0.324. The molecular formula is C25H34N6O2. The van der Waals surface area contributed by atoms with Crippen LogP contribution in [-0.2, 0) is 15.9 Å². The van der Waals surface area contributed by atoms with Crippen LogP contribution < -0.4 is 10.3 Å². The number of H-pyrrole nitrogens is 1. The maximum atomic E-state index is 5.70. The minimum atomic E-state index is -0.176. The van der Waals surface area contributed by atoms with E-state index >= 15 is 0 Å². The summed E-state index contributed by atoms with van der Waals surface area (Å²) in [4.78, 5) is 15.2. The number of para-hydroxylation sites is 1. The van der Waals surface area contributed by atoms with Crippen molar-refractivity contribution in [2.75, 3.05) is 36.6 Å². The van der Waals surface area contributed by atoms with E-state index in [0.717, 1.165) is 80.1 Å². The Labute approximate surface area is 195 Å². The van der Waals surface area contributed by atoms with Gasteiger partial charge in [0, 0.05) is 54.7 Å². The van der Waals surface area contributed by atoms with Gasteiger partial charge in [0.15, 0.2) is 12.1 Å². The average Bonchev–Trinajstić information content (AvgIpc) is 3.26. The topological polar surface area (TPSA) is 87.7 Å². The number of benzene rings is 1. The Morgan fingerprint density at radius 1 is 1.15 bits per heavy atom. The minimum Gasteiger partial charge on any atom is -0.361 e. The van der Waals surface area contributed by atoms with Crippen molar-refractivity contribution in [2.45, 2.75) is 52.2 Å². The summed E-state index contributed by atoms with van der Waals surface area (Å²) in [6.45, 7) is 7.79. The van der Waals surface area contributed by atoms with E-state index in [9.17, 15) is 0 Å². The van der Waals surface area contributed by atoms with E-state index in [1.807, 2.05) is 30.6 Å². The van der Waals surface area contributed by atoms with Gasteiger partial charge in [-0.15, -0.1) is 0 Å². The maximum absolute atomic E-state index is 5.70. The molecule has 8 heteroatoms. The highest BCUT2D eigenvalue weighted by atomic mass is 16.7. The number of hydrazone groups is 1. The van der Waals surface area contributed by atoms with Crippen molar-refractivity contribution in [3.8, 4) is 0 Å². The van der Waals surface area contributed by atoms with Gasteiger partial charge in [0.2, 0.25) is 0 Å². The maximum Gasteiger partial charge on any atom is 0.158 e. The van der Waals surface area contributed by atoms with Crippen molar-refractivity contribution in [3.05, 3.63) is 47.9 Å².